The van der Waals surface area contributed by atoms with Gasteiger partial charge in [-0.2, -0.15) is 0 Å². The lowest BCUT2D eigenvalue weighted by molar-refractivity contribution is 0.0652. The molecule has 7 nitrogen and oxygen atoms in total. The maximum atomic E-state index is 12.3. The van der Waals surface area contributed by atoms with Crippen LogP contribution in [-0.2, 0) is 6.54 Å². The molecule has 3 rings (SSSR count). The van der Waals surface area contributed by atoms with Gasteiger partial charge in [-0.1, -0.05) is 12.1 Å². The number of hydrogen-bond donors (Lipinski definition) is 2. The first kappa shape index (κ1) is 21.9. The first-order chi connectivity index (χ1) is 13.2. The number of carbonyl (C=O) groups is 2. The number of fused-ring (bicyclic) bond motifs is 1. The monoisotopic (exact) mass is 495 g/mol. The number of imide groups is 1. The number of benzene rings is 1. The second kappa shape index (κ2) is 10.8. The second-order valence-electron chi connectivity index (χ2n) is 6.36. The molecule has 0 fully saturated rings. The van der Waals surface area contributed by atoms with Crippen molar-refractivity contribution in [1.29, 1.82) is 0 Å². The van der Waals surface area contributed by atoms with E-state index in [4.69, 9.17) is 0 Å². The molecule has 1 aliphatic heterocycles. The molecule has 1 aliphatic rings. The zero-order valence-corrected chi connectivity index (χ0v) is 18.3. The molecule has 0 spiro atoms. The van der Waals surface area contributed by atoms with Gasteiger partial charge in [0.1, 0.15) is 0 Å². The number of amides is 2. The Balaban J connectivity index is 0.00000280. The molecular weight excluding hydrogens is 469 g/mol. The molecule has 0 saturated heterocycles. The largest absolute Gasteiger partial charge is 0.356 e. The van der Waals surface area contributed by atoms with E-state index in [-0.39, 0.29) is 35.8 Å². The number of hydrogen-bond acceptors (Lipinski definition) is 3. The Morgan fingerprint density at radius 3 is 2.11 bits per heavy atom. The topological polar surface area (TPSA) is 78.7 Å². The van der Waals surface area contributed by atoms with Crippen molar-refractivity contribution < 1.29 is 9.59 Å². The summed E-state index contributed by atoms with van der Waals surface area (Å²) < 4.78 is 2.10. The lowest BCUT2D eigenvalue weighted by atomic mass is 10.1. The molecule has 150 valence electrons. The molecule has 0 atom stereocenters. The molecule has 28 heavy (non-hydrogen) atoms. The highest BCUT2D eigenvalue weighted by molar-refractivity contribution is 14.0. The third-order valence-corrected chi connectivity index (χ3v) is 4.53. The van der Waals surface area contributed by atoms with E-state index >= 15 is 0 Å². The van der Waals surface area contributed by atoms with Gasteiger partial charge >= 0.3 is 0 Å². The summed E-state index contributed by atoms with van der Waals surface area (Å²) in [4.78, 5) is 30.1. The normalized spacial score (nSPS) is 13.3. The van der Waals surface area contributed by atoms with E-state index in [0.717, 1.165) is 38.4 Å². The fraction of sp³-hybridized carbons (Fsp3) is 0.350. The van der Waals surface area contributed by atoms with Crippen LogP contribution in [0.4, 0.5) is 0 Å². The Bertz CT molecular complexity index is 785. The number of aliphatic imine (C=N–C) groups is 1. The van der Waals surface area contributed by atoms with Crippen LogP contribution in [0.15, 0.2) is 53.8 Å². The zero-order valence-electron chi connectivity index (χ0n) is 15.9. The number of unbranched alkanes of at least 4 members (excludes halogenated alkanes) is 1. The minimum absolute atomic E-state index is 0. The molecule has 0 bridgehead atoms. The number of rotatable bonds is 8. The maximum Gasteiger partial charge on any atom is 0.261 e. The molecule has 2 aromatic rings. The first-order valence-electron chi connectivity index (χ1n) is 9.21. The number of carbonyl (C=O) groups excluding carboxylic acids is 2. The quantitative estimate of drug-likeness (QED) is 0.194. The highest BCUT2D eigenvalue weighted by Crippen LogP contribution is 2.22. The van der Waals surface area contributed by atoms with Gasteiger partial charge in [-0.3, -0.25) is 19.5 Å². The minimum Gasteiger partial charge on any atom is -0.356 e. The number of nitrogens with one attached hydrogen (secondary N) is 2. The fourth-order valence-corrected chi connectivity index (χ4v) is 3.09. The predicted octanol–water partition coefficient (Wildman–Crippen LogP) is 2.35. The molecule has 2 N–H and O–H groups in total. The summed E-state index contributed by atoms with van der Waals surface area (Å²) >= 11 is 0. The number of aromatic nitrogens is 1. The Morgan fingerprint density at radius 1 is 0.893 bits per heavy atom. The van der Waals surface area contributed by atoms with Crippen LogP contribution in [0.2, 0.25) is 0 Å². The van der Waals surface area contributed by atoms with Gasteiger partial charge in [0, 0.05) is 45.6 Å². The number of guanidine groups is 1. The van der Waals surface area contributed by atoms with Crippen LogP contribution < -0.4 is 10.6 Å². The average Bonchev–Trinajstić information content (AvgIpc) is 3.29. The van der Waals surface area contributed by atoms with Crippen molar-refractivity contribution in [2.24, 2.45) is 4.99 Å². The van der Waals surface area contributed by atoms with Gasteiger partial charge in [0.2, 0.25) is 0 Å². The van der Waals surface area contributed by atoms with Crippen molar-refractivity contribution >= 4 is 41.8 Å². The third kappa shape index (κ3) is 5.34. The maximum absolute atomic E-state index is 12.3. The molecule has 0 saturated carbocycles. The molecule has 2 amide bonds. The van der Waals surface area contributed by atoms with Crippen LogP contribution in [0.1, 0.15) is 33.6 Å². The van der Waals surface area contributed by atoms with Gasteiger partial charge in [0.15, 0.2) is 5.96 Å². The zero-order chi connectivity index (χ0) is 19.1. The summed E-state index contributed by atoms with van der Waals surface area (Å²) in [6.07, 6.45) is 5.64. The molecule has 2 heterocycles. The van der Waals surface area contributed by atoms with Crippen molar-refractivity contribution in [3.05, 3.63) is 59.9 Å². The first-order valence-corrected chi connectivity index (χ1v) is 9.21. The highest BCUT2D eigenvalue weighted by atomic mass is 127. The van der Waals surface area contributed by atoms with Crippen LogP contribution in [0, 0.1) is 0 Å². The SMILES string of the molecule is CN=C(NCCCCN1C(=O)c2ccccc2C1=O)NCCn1cccc1.I. The van der Waals surface area contributed by atoms with E-state index in [2.05, 4.69) is 20.2 Å². The molecule has 0 aliphatic carbocycles. The summed E-state index contributed by atoms with van der Waals surface area (Å²) in [5, 5.41) is 6.52. The Kier molecular flexibility index (Phi) is 8.49. The summed E-state index contributed by atoms with van der Waals surface area (Å²) in [5.74, 6) is 0.375. The third-order valence-electron chi connectivity index (χ3n) is 4.53. The van der Waals surface area contributed by atoms with E-state index in [0.29, 0.717) is 17.7 Å². The number of halogens is 1. The molecule has 0 unspecified atom stereocenters. The molecular formula is C20H26IN5O2. The van der Waals surface area contributed by atoms with E-state index in [9.17, 15) is 9.59 Å². The van der Waals surface area contributed by atoms with E-state index in [1.807, 2.05) is 24.5 Å². The van der Waals surface area contributed by atoms with Gasteiger partial charge < -0.3 is 15.2 Å². The summed E-state index contributed by atoms with van der Waals surface area (Å²) in [6, 6.07) is 11.0. The van der Waals surface area contributed by atoms with Crippen molar-refractivity contribution in [2.75, 3.05) is 26.7 Å². The molecule has 8 heteroatoms. The van der Waals surface area contributed by atoms with E-state index in [1.165, 1.54) is 4.90 Å². The molecule has 0 radical (unpaired) electrons. The molecule has 1 aromatic carbocycles. The van der Waals surface area contributed by atoms with Crippen LogP contribution in [0.25, 0.3) is 0 Å². The highest BCUT2D eigenvalue weighted by Gasteiger charge is 2.34. The summed E-state index contributed by atoms with van der Waals surface area (Å²) in [7, 11) is 1.74. The van der Waals surface area contributed by atoms with Crippen LogP contribution in [0.5, 0.6) is 0 Å². The minimum atomic E-state index is -0.189. The van der Waals surface area contributed by atoms with E-state index < -0.39 is 0 Å². The van der Waals surface area contributed by atoms with Crippen molar-refractivity contribution in [2.45, 2.75) is 19.4 Å². The van der Waals surface area contributed by atoms with Crippen molar-refractivity contribution in [3.8, 4) is 0 Å². The smallest absolute Gasteiger partial charge is 0.261 e. The van der Waals surface area contributed by atoms with Crippen LogP contribution in [0.3, 0.4) is 0 Å². The summed E-state index contributed by atoms with van der Waals surface area (Å²) in [6.45, 7) is 2.82. The Hall–Kier alpha value is -2.36. The lowest BCUT2D eigenvalue weighted by Crippen LogP contribution is -2.39. The van der Waals surface area contributed by atoms with Gasteiger partial charge in [-0.15, -0.1) is 24.0 Å². The van der Waals surface area contributed by atoms with Crippen molar-refractivity contribution in [3.63, 3.8) is 0 Å². The lowest BCUT2D eigenvalue weighted by Gasteiger charge is -2.15. The van der Waals surface area contributed by atoms with Crippen LogP contribution in [-0.4, -0.2) is 53.9 Å². The predicted molar refractivity (Wildman–Crippen MR) is 120 cm³/mol. The van der Waals surface area contributed by atoms with Gasteiger partial charge in [-0.05, 0) is 37.1 Å². The van der Waals surface area contributed by atoms with E-state index in [1.54, 1.807) is 31.3 Å². The fourth-order valence-electron chi connectivity index (χ4n) is 3.09. The Morgan fingerprint density at radius 2 is 1.50 bits per heavy atom. The van der Waals surface area contributed by atoms with Crippen LogP contribution >= 0.6 is 24.0 Å². The second-order valence-corrected chi connectivity index (χ2v) is 6.36. The Labute approximate surface area is 182 Å². The average molecular weight is 495 g/mol. The standard InChI is InChI=1S/C20H25N5O2.HI/c1-21-20(23-11-15-24-12-6-7-13-24)22-10-4-5-14-25-18(26)16-8-2-3-9-17(16)19(25)27;/h2-3,6-9,12-13H,4-5,10-11,14-15H2,1H3,(H2,21,22,23);1H. The number of nitrogens with zero attached hydrogens (tertiary/aromatic N) is 3. The van der Waals surface area contributed by atoms with Gasteiger partial charge in [0.05, 0.1) is 11.1 Å². The van der Waals surface area contributed by atoms with Crippen molar-refractivity contribution in [1.82, 2.24) is 20.1 Å². The molecule has 1 aromatic heterocycles. The van der Waals surface area contributed by atoms with Gasteiger partial charge in [0.25, 0.3) is 11.8 Å². The summed E-state index contributed by atoms with van der Waals surface area (Å²) in [5.41, 5.74) is 1.01. The van der Waals surface area contributed by atoms with Gasteiger partial charge in [-0.25, -0.2) is 0 Å².